The van der Waals surface area contributed by atoms with Gasteiger partial charge in [0.25, 0.3) is 0 Å². The molecular weight excluding hydrogens is 323 g/mol. The van der Waals surface area contributed by atoms with Crippen LogP contribution in [0.3, 0.4) is 0 Å². The topological polar surface area (TPSA) is 61.8 Å². The largest absolute Gasteiger partial charge is 0.457 e. The molecular formula is C19H21FN2O3. The number of nitrogens with zero attached hydrogens (tertiary/aromatic N) is 1. The van der Waals surface area contributed by atoms with Crippen LogP contribution in [0, 0.1) is 11.7 Å². The van der Waals surface area contributed by atoms with E-state index < -0.39 is 6.10 Å². The number of benzene rings is 2. The minimum atomic E-state index is -0.406. The summed E-state index contributed by atoms with van der Waals surface area (Å²) in [5.41, 5.74) is 0.650. The van der Waals surface area contributed by atoms with Gasteiger partial charge >= 0.3 is 6.03 Å². The Morgan fingerprint density at radius 1 is 1.28 bits per heavy atom. The number of amides is 2. The molecule has 1 saturated heterocycles. The second-order valence-corrected chi connectivity index (χ2v) is 6.25. The average molecular weight is 344 g/mol. The van der Waals surface area contributed by atoms with Crippen molar-refractivity contribution in [2.45, 2.75) is 19.4 Å². The first-order valence-corrected chi connectivity index (χ1v) is 8.29. The number of aliphatic hydroxyl groups excluding tert-OH is 1. The molecule has 5 nitrogen and oxygen atoms in total. The number of halogens is 1. The van der Waals surface area contributed by atoms with E-state index in [2.05, 4.69) is 5.32 Å². The quantitative estimate of drug-likeness (QED) is 0.885. The Hall–Kier alpha value is -2.60. The lowest BCUT2D eigenvalue weighted by atomic mass is 10.0. The van der Waals surface area contributed by atoms with Gasteiger partial charge in [0.15, 0.2) is 0 Å². The molecule has 3 rings (SSSR count). The smallest absolute Gasteiger partial charge is 0.321 e. The first kappa shape index (κ1) is 17.2. The van der Waals surface area contributed by atoms with E-state index in [1.165, 1.54) is 12.1 Å². The van der Waals surface area contributed by atoms with Crippen molar-refractivity contribution in [3.8, 4) is 11.5 Å². The Balaban J connectivity index is 1.56. The Kier molecular flexibility index (Phi) is 5.19. The highest BCUT2D eigenvalue weighted by atomic mass is 19.1. The molecule has 0 aromatic heterocycles. The predicted octanol–water partition coefficient (Wildman–Crippen LogP) is 3.85. The summed E-state index contributed by atoms with van der Waals surface area (Å²) >= 11 is 0. The van der Waals surface area contributed by atoms with Gasteiger partial charge in [0, 0.05) is 30.8 Å². The molecule has 1 fully saturated rings. The van der Waals surface area contributed by atoms with Crippen LogP contribution in [0.2, 0.25) is 0 Å². The summed E-state index contributed by atoms with van der Waals surface area (Å²) in [7, 11) is 0. The van der Waals surface area contributed by atoms with Gasteiger partial charge in [-0.15, -0.1) is 0 Å². The van der Waals surface area contributed by atoms with Crippen LogP contribution in [-0.2, 0) is 0 Å². The maximum absolute atomic E-state index is 13.2. The molecule has 132 valence electrons. The van der Waals surface area contributed by atoms with Crippen molar-refractivity contribution in [3.63, 3.8) is 0 Å². The number of rotatable bonds is 4. The maximum atomic E-state index is 13.2. The van der Waals surface area contributed by atoms with Crippen molar-refractivity contribution in [3.05, 3.63) is 54.3 Å². The van der Waals surface area contributed by atoms with E-state index in [1.807, 2.05) is 0 Å². The van der Waals surface area contributed by atoms with Crippen LogP contribution >= 0.6 is 0 Å². The van der Waals surface area contributed by atoms with Crippen molar-refractivity contribution < 1.29 is 19.0 Å². The van der Waals surface area contributed by atoms with Crippen LogP contribution in [0.4, 0.5) is 14.9 Å². The van der Waals surface area contributed by atoms with Crippen molar-refractivity contribution >= 4 is 11.7 Å². The lowest BCUT2D eigenvalue weighted by Crippen LogP contribution is -2.34. The maximum Gasteiger partial charge on any atom is 0.321 e. The van der Waals surface area contributed by atoms with Crippen LogP contribution in [0.5, 0.6) is 11.5 Å². The summed E-state index contributed by atoms with van der Waals surface area (Å²) in [4.78, 5) is 14.0. The van der Waals surface area contributed by atoms with Gasteiger partial charge in [-0.05, 0) is 49.7 Å². The lowest BCUT2D eigenvalue weighted by molar-refractivity contribution is 0.130. The average Bonchev–Trinajstić information content (AvgIpc) is 3.07. The molecule has 1 aliphatic rings. The molecule has 0 spiro atoms. The standard InChI is InChI=1S/C19H21FN2O3/c1-13(23)14-9-10-22(12-14)19(24)21-16-5-7-17(8-6-16)25-18-4-2-3-15(20)11-18/h2-8,11,13-14,23H,9-10,12H2,1H3,(H,21,24)/t13-,14+/m0/s1. The number of ether oxygens (including phenoxy) is 1. The van der Waals surface area contributed by atoms with Gasteiger partial charge in [-0.25, -0.2) is 9.18 Å². The molecule has 0 bridgehead atoms. The molecule has 2 amide bonds. The number of hydrogen-bond acceptors (Lipinski definition) is 3. The normalized spacial score (nSPS) is 18.0. The van der Waals surface area contributed by atoms with E-state index in [1.54, 1.807) is 48.2 Å². The molecule has 2 aromatic rings. The number of carbonyl (C=O) groups excluding carboxylic acids is 1. The third-order valence-corrected chi connectivity index (χ3v) is 4.33. The highest BCUT2D eigenvalue weighted by Gasteiger charge is 2.28. The molecule has 2 atom stereocenters. The first-order chi connectivity index (χ1) is 12.0. The minimum Gasteiger partial charge on any atom is -0.457 e. The number of likely N-dealkylation sites (tertiary alicyclic amines) is 1. The monoisotopic (exact) mass is 344 g/mol. The van der Waals surface area contributed by atoms with Crippen molar-refractivity contribution in [1.82, 2.24) is 4.90 Å². The molecule has 2 aromatic carbocycles. The molecule has 6 heteroatoms. The first-order valence-electron chi connectivity index (χ1n) is 8.29. The Morgan fingerprint density at radius 3 is 2.68 bits per heavy atom. The number of aliphatic hydroxyl groups is 1. The number of hydrogen-bond donors (Lipinski definition) is 2. The van der Waals surface area contributed by atoms with Gasteiger partial charge < -0.3 is 20.1 Å². The summed E-state index contributed by atoms with van der Waals surface area (Å²) < 4.78 is 18.7. The van der Waals surface area contributed by atoms with E-state index in [9.17, 15) is 14.3 Å². The molecule has 25 heavy (non-hydrogen) atoms. The Morgan fingerprint density at radius 2 is 2.04 bits per heavy atom. The van der Waals surface area contributed by atoms with Crippen molar-refractivity contribution in [2.75, 3.05) is 18.4 Å². The number of nitrogens with one attached hydrogen (secondary N) is 1. The molecule has 2 N–H and O–H groups in total. The molecule has 0 aliphatic carbocycles. The molecule has 0 saturated carbocycles. The van der Waals surface area contributed by atoms with Gasteiger partial charge in [0.2, 0.25) is 0 Å². The van der Waals surface area contributed by atoms with E-state index >= 15 is 0 Å². The predicted molar refractivity (Wildman–Crippen MR) is 93.3 cm³/mol. The van der Waals surface area contributed by atoms with Crippen molar-refractivity contribution in [2.24, 2.45) is 5.92 Å². The third-order valence-electron chi connectivity index (χ3n) is 4.33. The van der Waals surface area contributed by atoms with E-state index in [0.29, 0.717) is 30.3 Å². The zero-order valence-electron chi connectivity index (χ0n) is 14.0. The second kappa shape index (κ2) is 7.53. The number of carbonyl (C=O) groups is 1. The second-order valence-electron chi connectivity index (χ2n) is 6.25. The van der Waals surface area contributed by atoms with E-state index in [4.69, 9.17) is 4.74 Å². The summed E-state index contributed by atoms with van der Waals surface area (Å²) in [6.45, 7) is 2.95. The van der Waals surface area contributed by atoms with Crippen LogP contribution in [0.25, 0.3) is 0 Å². The van der Waals surface area contributed by atoms with Gasteiger partial charge in [-0.2, -0.15) is 0 Å². The zero-order chi connectivity index (χ0) is 17.8. The summed E-state index contributed by atoms with van der Waals surface area (Å²) in [5.74, 6) is 0.743. The fourth-order valence-electron chi connectivity index (χ4n) is 2.84. The van der Waals surface area contributed by atoms with Crippen molar-refractivity contribution in [1.29, 1.82) is 0 Å². The van der Waals surface area contributed by atoms with E-state index in [-0.39, 0.29) is 17.8 Å². The number of anilines is 1. The fourth-order valence-corrected chi connectivity index (χ4v) is 2.84. The molecule has 1 heterocycles. The van der Waals surface area contributed by atoms with Crippen LogP contribution in [0.1, 0.15) is 13.3 Å². The SMILES string of the molecule is C[C@H](O)[C@@H]1CCN(C(=O)Nc2ccc(Oc3cccc(F)c3)cc2)C1. The van der Waals surface area contributed by atoms with E-state index in [0.717, 1.165) is 6.42 Å². The van der Waals surface area contributed by atoms with Crippen LogP contribution < -0.4 is 10.1 Å². The van der Waals surface area contributed by atoms with Gasteiger partial charge in [-0.1, -0.05) is 6.07 Å². The van der Waals surface area contributed by atoms with Gasteiger partial charge in [0.1, 0.15) is 17.3 Å². The van der Waals surface area contributed by atoms with Crippen LogP contribution in [0.15, 0.2) is 48.5 Å². The molecule has 1 aliphatic heterocycles. The molecule has 0 unspecified atom stereocenters. The highest BCUT2D eigenvalue weighted by Crippen LogP contribution is 2.24. The lowest BCUT2D eigenvalue weighted by Gasteiger charge is -2.18. The zero-order valence-corrected chi connectivity index (χ0v) is 14.0. The number of urea groups is 1. The summed E-state index contributed by atoms with van der Waals surface area (Å²) in [6, 6.07) is 12.6. The third kappa shape index (κ3) is 4.48. The molecule has 0 radical (unpaired) electrons. The summed E-state index contributed by atoms with van der Waals surface area (Å²) in [5, 5.41) is 12.4. The fraction of sp³-hybridized carbons (Fsp3) is 0.316. The Bertz CT molecular complexity index is 734. The highest BCUT2D eigenvalue weighted by molar-refractivity contribution is 5.89. The van der Waals surface area contributed by atoms with Gasteiger partial charge in [0.05, 0.1) is 6.10 Å². The van der Waals surface area contributed by atoms with Crippen LogP contribution in [-0.4, -0.2) is 35.2 Å². The summed E-state index contributed by atoms with van der Waals surface area (Å²) in [6.07, 6.45) is 0.406. The minimum absolute atomic E-state index is 0.132. The Labute approximate surface area is 146 Å². The van der Waals surface area contributed by atoms with Gasteiger partial charge in [-0.3, -0.25) is 0 Å².